The molecule has 33 heavy (non-hydrogen) atoms. The fourth-order valence-electron chi connectivity index (χ4n) is 2.52. The van der Waals surface area contributed by atoms with E-state index in [0.717, 1.165) is 5.56 Å². The molecule has 0 radical (unpaired) electrons. The molecule has 0 saturated carbocycles. The van der Waals surface area contributed by atoms with E-state index in [2.05, 4.69) is 10.6 Å². The van der Waals surface area contributed by atoms with Gasteiger partial charge in [0, 0.05) is 18.4 Å². The van der Waals surface area contributed by atoms with Crippen LogP contribution in [0.5, 0.6) is 0 Å². The van der Waals surface area contributed by atoms with Gasteiger partial charge in [-0.25, -0.2) is 4.79 Å². The van der Waals surface area contributed by atoms with Crippen molar-refractivity contribution >= 4 is 23.6 Å². The highest BCUT2D eigenvalue weighted by Crippen LogP contribution is 2.13. The number of carboxylic acid groups (broad SMARTS) is 1. The molecule has 0 bridgehead atoms. The average Bonchev–Trinajstić information content (AvgIpc) is 2.69. The largest absolute Gasteiger partial charge is 0.490 e. The van der Waals surface area contributed by atoms with E-state index in [-0.39, 0.29) is 42.4 Å². The Morgan fingerprint density at radius 1 is 1.00 bits per heavy atom. The zero-order chi connectivity index (χ0) is 25.7. The molecule has 11 heteroatoms. The molecular weight excluding hydrogens is 443 g/mol. The number of rotatable bonds is 10. The van der Waals surface area contributed by atoms with Crippen LogP contribution in [-0.2, 0) is 25.6 Å². The molecule has 186 valence electrons. The molecule has 1 atom stereocenters. The number of nitrogens with one attached hydrogen (secondary N) is 2. The van der Waals surface area contributed by atoms with Gasteiger partial charge >= 0.3 is 12.1 Å². The molecule has 0 aliphatic carbocycles. The fraction of sp³-hybridized carbons (Fsp3) is 0.545. The van der Waals surface area contributed by atoms with Gasteiger partial charge in [-0.1, -0.05) is 30.3 Å². The maximum Gasteiger partial charge on any atom is 0.490 e. The molecule has 1 aromatic carbocycles. The Bertz CT molecular complexity index is 778. The van der Waals surface area contributed by atoms with E-state index in [4.69, 9.17) is 15.6 Å². The van der Waals surface area contributed by atoms with Crippen LogP contribution in [0.15, 0.2) is 30.3 Å². The van der Waals surface area contributed by atoms with Gasteiger partial charge in [-0.2, -0.15) is 13.2 Å². The van der Waals surface area contributed by atoms with Crippen molar-refractivity contribution in [1.82, 2.24) is 10.6 Å². The summed E-state index contributed by atoms with van der Waals surface area (Å²) in [7, 11) is 0. The highest BCUT2D eigenvalue weighted by Gasteiger charge is 2.38. The van der Waals surface area contributed by atoms with Gasteiger partial charge in [-0.05, 0) is 45.7 Å². The number of hydrogen-bond acceptors (Lipinski definition) is 5. The lowest BCUT2D eigenvalue weighted by Gasteiger charge is -2.23. The summed E-state index contributed by atoms with van der Waals surface area (Å²) >= 11 is 0. The first-order valence-corrected chi connectivity index (χ1v) is 10.3. The second kappa shape index (κ2) is 14.2. The zero-order valence-corrected chi connectivity index (χ0v) is 19.0. The predicted octanol–water partition coefficient (Wildman–Crippen LogP) is 2.35. The fourth-order valence-corrected chi connectivity index (χ4v) is 2.52. The number of Topliss-reactive ketones (excluding diaryl/α,β-unsaturated/α-hetero) is 1. The lowest BCUT2D eigenvalue weighted by atomic mass is 10.0. The lowest BCUT2D eigenvalue weighted by molar-refractivity contribution is -0.192. The molecule has 0 spiro atoms. The molecule has 1 rings (SSSR count). The van der Waals surface area contributed by atoms with Crippen molar-refractivity contribution < 1.29 is 37.5 Å². The number of halogens is 3. The average molecular weight is 476 g/mol. The first-order valence-electron chi connectivity index (χ1n) is 10.3. The molecule has 0 aliphatic rings. The number of aryl methyl sites for hydroxylation is 1. The van der Waals surface area contributed by atoms with Gasteiger partial charge in [0.05, 0.1) is 12.5 Å². The molecule has 1 aromatic rings. The van der Waals surface area contributed by atoms with E-state index < -0.39 is 18.2 Å². The van der Waals surface area contributed by atoms with E-state index >= 15 is 0 Å². The van der Waals surface area contributed by atoms with Crippen molar-refractivity contribution in [2.45, 2.75) is 70.6 Å². The van der Waals surface area contributed by atoms with E-state index in [1.807, 2.05) is 51.1 Å². The Hall–Kier alpha value is -2.95. The summed E-state index contributed by atoms with van der Waals surface area (Å²) < 4.78 is 31.7. The molecule has 0 heterocycles. The summed E-state index contributed by atoms with van der Waals surface area (Å²) in [5, 5.41) is 12.7. The standard InChI is InChI=1S/C20H31N3O3.C2HF3O2/c1-20(2,3)23-19(26)14-16(17(24)10-7-13-21)22-18(25)12-11-15-8-5-4-6-9-15;3-2(4,5)1(6)7/h4-6,8-9,16H,7,10-14,21H2,1-3H3,(H,22,25)(H,23,26);(H,6,7)/t16-;/m0./s1. The third-order valence-electron chi connectivity index (χ3n) is 3.98. The van der Waals surface area contributed by atoms with Gasteiger partial charge in [-0.15, -0.1) is 0 Å². The van der Waals surface area contributed by atoms with Crippen molar-refractivity contribution in [1.29, 1.82) is 0 Å². The summed E-state index contributed by atoms with van der Waals surface area (Å²) in [6, 6.07) is 8.85. The van der Waals surface area contributed by atoms with Crippen molar-refractivity contribution in [3.05, 3.63) is 35.9 Å². The van der Waals surface area contributed by atoms with Gasteiger partial charge in [0.1, 0.15) is 0 Å². The summed E-state index contributed by atoms with van der Waals surface area (Å²) in [5.74, 6) is -3.41. The van der Waals surface area contributed by atoms with Crippen LogP contribution < -0.4 is 16.4 Å². The molecule has 8 nitrogen and oxygen atoms in total. The molecular formula is C22H32F3N3O5. The number of ketones is 1. The first-order chi connectivity index (χ1) is 15.2. The summed E-state index contributed by atoms with van der Waals surface area (Å²) in [4.78, 5) is 45.7. The normalized spacial score (nSPS) is 12.1. The maximum atomic E-state index is 12.4. The van der Waals surface area contributed by atoms with E-state index in [1.165, 1.54) is 0 Å². The quantitative estimate of drug-likeness (QED) is 0.410. The highest BCUT2D eigenvalue weighted by atomic mass is 19.4. The predicted molar refractivity (Wildman–Crippen MR) is 116 cm³/mol. The van der Waals surface area contributed by atoms with Crippen LogP contribution >= 0.6 is 0 Å². The molecule has 0 saturated heterocycles. The van der Waals surface area contributed by atoms with Gasteiger partial charge in [0.2, 0.25) is 11.8 Å². The van der Waals surface area contributed by atoms with Crippen molar-refractivity contribution in [3.63, 3.8) is 0 Å². The second-order valence-corrected chi connectivity index (χ2v) is 8.27. The van der Waals surface area contributed by atoms with E-state index in [1.54, 1.807) is 0 Å². The Kier molecular flexibility index (Phi) is 13.0. The summed E-state index contributed by atoms with van der Waals surface area (Å²) in [6.45, 7) is 6.01. The van der Waals surface area contributed by atoms with Crippen LogP contribution in [0, 0.1) is 0 Å². The van der Waals surface area contributed by atoms with Crippen molar-refractivity contribution in [2.75, 3.05) is 6.54 Å². The molecule has 0 aliphatic heterocycles. The minimum Gasteiger partial charge on any atom is -0.475 e. The smallest absolute Gasteiger partial charge is 0.475 e. The molecule has 0 unspecified atom stereocenters. The second-order valence-electron chi connectivity index (χ2n) is 8.27. The van der Waals surface area contributed by atoms with Gasteiger partial charge in [0.25, 0.3) is 0 Å². The Balaban J connectivity index is 0.00000126. The van der Waals surface area contributed by atoms with Gasteiger partial charge in [0.15, 0.2) is 5.78 Å². The Labute approximate surface area is 191 Å². The van der Waals surface area contributed by atoms with Crippen molar-refractivity contribution in [2.24, 2.45) is 5.73 Å². The minimum atomic E-state index is -5.08. The molecule has 0 aromatic heterocycles. The van der Waals surface area contributed by atoms with E-state index in [0.29, 0.717) is 19.4 Å². The Morgan fingerprint density at radius 2 is 1.55 bits per heavy atom. The number of nitrogens with two attached hydrogens (primary N) is 1. The van der Waals surface area contributed by atoms with Gasteiger partial charge in [-0.3, -0.25) is 14.4 Å². The van der Waals surface area contributed by atoms with Crippen LogP contribution in [0.1, 0.15) is 52.0 Å². The SMILES string of the molecule is CC(C)(C)NC(=O)C[C@H](NC(=O)CCc1ccccc1)C(=O)CCCN.O=C(O)C(F)(F)F. The third-order valence-corrected chi connectivity index (χ3v) is 3.98. The van der Waals surface area contributed by atoms with Crippen LogP contribution in [-0.4, -0.2) is 53.0 Å². The van der Waals surface area contributed by atoms with Crippen LogP contribution in [0.25, 0.3) is 0 Å². The topological polar surface area (TPSA) is 139 Å². The lowest BCUT2D eigenvalue weighted by Crippen LogP contribution is -2.47. The highest BCUT2D eigenvalue weighted by molar-refractivity contribution is 5.93. The third kappa shape index (κ3) is 15.5. The number of hydrogen-bond donors (Lipinski definition) is 4. The molecule has 0 fully saturated rings. The van der Waals surface area contributed by atoms with Crippen LogP contribution in [0.2, 0.25) is 0 Å². The van der Waals surface area contributed by atoms with Crippen LogP contribution in [0.4, 0.5) is 13.2 Å². The van der Waals surface area contributed by atoms with E-state index in [9.17, 15) is 27.6 Å². The van der Waals surface area contributed by atoms with Crippen molar-refractivity contribution in [3.8, 4) is 0 Å². The Morgan fingerprint density at radius 3 is 2.00 bits per heavy atom. The number of carbonyl (C=O) groups excluding carboxylic acids is 3. The minimum absolute atomic E-state index is 0.0578. The summed E-state index contributed by atoms with van der Waals surface area (Å²) in [6.07, 6.45) is -3.49. The number of alkyl halides is 3. The first kappa shape index (κ1) is 30.0. The number of carbonyl (C=O) groups is 4. The van der Waals surface area contributed by atoms with Crippen LogP contribution in [0.3, 0.4) is 0 Å². The number of amides is 2. The monoisotopic (exact) mass is 475 g/mol. The summed E-state index contributed by atoms with van der Waals surface area (Å²) in [5.41, 5.74) is 6.12. The zero-order valence-electron chi connectivity index (χ0n) is 19.0. The maximum absolute atomic E-state index is 12.4. The molecule has 2 amide bonds. The molecule has 5 N–H and O–H groups in total. The van der Waals surface area contributed by atoms with Gasteiger partial charge < -0.3 is 21.5 Å². The number of aliphatic carboxylic acids is 1. The number of carboxylic acids is 1. The number of benzene rings is 1.